The number of piperazine rings is 1. The van der Waals surface area contributed by atoms with E-state index in [1.807, 2.05) is 11.9 Å². The Balaban J connectivity index is 2.00. The van der Waals surface area contributed by atoms with Crippen molar-refractivity contribution in [2.24, 2.45) is 0 Å². The summed E-state index contributed by atoms with van der Waals surface area (Å²) in [5, 5.41) is 3.28. The molecule has 116 valence electrons. The predicted octanol–water partition coefficient (Wildman–Crippen LogP) is 1.73. The van der Waals surface area contributed by atoms with Crippen LogP contribution in [0.3, 0.4) is 0 Å². The molecule has 1 fully saturated rings. The number of hydrogen-bond donors (Lipinski definition) is 1. The van der Waals surface area contributed by atoms with Crippen LogP contribution in [0.25, 0.3) is 0 Å². The Morgan fingerprint density at radius 3 is 2.67 bits per heavy atom. The molecule has 1 saturated heterocycles. The molecular formula is C17H27N3O. The molecule has 21 heavy (non-hydrogen) atoms. The Morgan fingerprint density at radius 1 is 1.33 bits per heavy atom. The molecule has 0 bridgehead atoms. The molecule has 1 aliphatic rings. The van der Waals surface area contributed by atoms with Gasteiger partial charge in [0.2, 0.25) is 5.91 Å². The summed E-state index contributed by atoms with van der Waals surface area (Å²) in [6.07, 6.45) is 0. The fraction of sp³-hybridized carbons (Fsp3) is 0.588. The van der Waals surface area contributed by atoms with Gasteiger partial charge >= 0.3 is 0 Å². The van der Waals surface area contributed by atoms with Gasteiger partial charge in [-0.25, -0.2) is 0 Å². The van der Waals surface area contributed by atoms with Crippen LogP contribution in [0, 0.1) is 13.8 Å². The van der Waals surface area contributed by atoms with Gasteiger partial charge < -0.3 is 10.2 Å². The van der Waals surface area contributed by atoms with Crippen LogP contribution in [0.15, 0.2) is 18.2 Å². The molecule has 1 aromatic carbocycles. The van der Waals surface area contributed by atoms with E-state index in [2.05, 4.69) is 49.2 Å². The van der Waals surface area contributed by atoms with Crippen molar-refractivity contribution in [2.45, 2.75) is 26.8 Å². The number of carbonyl (C=O) groups excluding carboxylic acids is 1. The first-order valence-electron chi connectivity index (χ1n) is 7.75. The predicted molar refractivity (Wildman–Crippen MR) is 86.4 cm³/mol. The summed E-state index contributed by atoms with van der Waals surface area (Å²) in [5.74, 6) is 0.233. The zero-order valence-corrected chi connectivity index (χ0v) is 13.6. The molecule has 0 saturated carbocycles. The second kappa shape index (κ2) is 7.05. The summed E-state index contributed by atoms with van der Waals surface area (Å²) in [6, 6.07) is 6.77. The highest BCUT2D eigenvalue weighted by atomic mass is 16.2. The quantitative estimate of drug-likeness (QED) is 0.917. The molecule has 1 heterocycles. The summed E-state index contributed by atoms with van der Waals surface area (Å²) in [7, 11) is 2.03. The number of amides is 1. The number of benzene rings is 1. The van der Waals surface area contributed by atoms with Crippen LogP contribution in [-0.4, -0.2) is 55.5 Å². The van der Waals surface area contributed by atoms with Crippen molar-refractivity contribution in [3.8, 4) is 0 Å². The molecule has 1 N–H and O–H groups in total. The molecule has 4 heteroatoms. The molecule has 0 aromatic heterocycles. The molecule has 2 rings (SSSR count). The maximum absolute atomic E-state index is 12.4. The number of rotatable bonds is 4. The summed E-state index contributed by atoms with van der Waals surface area (Å²) in [6.45, 7) is 10.4. The monoisotopic (exact) mass is 289 g/mol. The van der Waals surface area contributed by atoms with Crippen LogP contribution in [0.5, 0.6) is 0 Å². The van der Waals surface area contributed by atoms with Gasteiger partial charge in [-0.2, -0.15) is 0 Å². The molecule has 0 aliphatic carbocycles. The smallest absolute Gasteiger partial charge is 0.236 e. The highest BCUT2D eigenvalue weighted by Gasteiger charge is 2.21. The molecule has 4 nitrogen and oxygen atoms in total. The average Bonchev–Trinajstić information content (AvgIpc) is 2.49. The normalized spacial score (nSPS) is 17.1. The maximum atomic E-state index is 12.4. The lowest BCUT2D eigenvalue weighted by Gasteiger charge is -2.31. The van der Waals surface area contributed by atoms with E-state index < -0.39 is 0 Å². The topological polar surface area (TPSA) is 35.6 Å². The van der Waals surface area contributed by atoms with Gasteiger partial charge in [0, 0.05) is 32.2 Å². The van der Waals surface area contributed by atoms with Gasteiger partial charge in [0.1, 0.15) is 0 Å². The Hall–Kier alpha value is -1.39. The molecular weight excluding hydrogens is 262 g/mol. The lowest BCUT2D eigenvalue weighted by atomic mass is 9.99. The zero-order valence-electron chi connectivity index (χ0n) is 13.6. The van der Waals surface area contributed by atoms with Crippen LogP contribution < -0.4 is 5.32 Å². The average molecular weight is 289 g/mol. The van der Waals surface area contributed by atoms with Crippen LogP contribution >= 0.6 is 0 Å². The number of aryl methyl sites for hydroxylation is 2. The Kier molecular flexibility index (Phi) is 5.37. The largest absolute Gasteiger partial charge is 0.339 e. The SMILES string of the molecule is Cc1ccc(C)c(C(C)N(C)CC(=O)N2CCNCC2)c1. The van der Waals surface area contributed by atoms with E-state index in [4.69, 9.17) is 0 Å². The first kappa shape index (κ1) is 16.0. The van der Waals surface area contributed by atoms with Crippen LogP contribution in [-0.2, 0) is 4.79 Å². The summed E-state index contributed by atoms with van der Waals surface area (Å²) in [4.78, 5) is 16.5. The molecule has 1 aromatic rings. The third-order valence-corrected chi connectivity index (χ3v) is 4.40. The van der Waals surface area contributed by atoms with Crippen molar-refractivity contribution in [3.63, 3.8) is 0 Å². The van der Waals surface area contributed by atoms with Crippen molar-refractivity contribution in [3.05, 3.63) is 34.9 Å². The van der Waals surface area contributed by atoms with Gasteiger partial charge in [-0.1, -0.05) is 23.8 Å². The summed E-state index contributed by atoms with van der Waals surface area (Å²) >= 11 is 0. The number of nitrogens with zero attached hydrogens (tertiary/aromatic N) is 2. The van der Waals surface area contributed by atoms with Crippen molar-refractivity contribution >= 4 is 5.91 Å². The van der Waals surface area contributed by atoms with Crippen LogP contribution in [0.1, 0.15) is 29.7 Å². The number of carbonyl (C=O) groups is 1. The third-order valence-electron chi connectivity index (χ3n) is 4.40. The van der Waals surface area contributed by atoms with Gasteiger partial charge in [-0.3, -0.25) is 9.69 Å². The minimum Gasteiger partial charge on any atom is -0.339 e. The number of likely N-dealkylation sites (N-methyl/N-ethyl adjacent to an activating group) is 1. The standard InChI is InChI=1S/C17H27N3O/c1-13-5-6-14(2)16(11-13)15(3)19(4)12-17(21)20-9-7-18-8-10-20/h5-6,11,15,18H,7-10,12H2,1-4H3. The van der Waals surface area contributed by atoms with Gasteiger partial charge in [0.05, 0.1) is 6.54 Å². The minimum absolute atomic E-state index is 0.233. The molecule has 0 spiro atoms. The van der Waals surface area contributed by atoms with Crippen molar-refractivity contribution < 1.29 is 4.79 Å². The van der Waals surface area contributed by atoms with E-state index >= 15 is 0 Å². The van der Waals surface area contributed by atoms with E-state index in [0.29, 0.717) is 6.54 Å². The highest BCUT2D eigenvalue weighted by Crippen LogP contribution is 2.23. The Labute approximate surface area is 128 Å². The third kappa shape index (κ3) is 4.05. The maximum Gasteiger partial charge on any atom is 0.236 e. The van der Waals surface area contributed by atoms with Gasteiger partial charge in [0.15, 0.2) is 0 Å². The van der Waals surface area contributed by atoms with E-state index in [9.17, 15) is 4.79 Å². The van der Waals surface area contributed by atoms with Crippen molar-refractivity contribution in [1.29, 1.82) is 0 Å². The van der Waals surface area contributed by atoms with Gasteiger partial charge in [-0.15, -0.1) is 0 Å². The second-order valence-electron chi connectivity index (χ2n) is 6.08. The number of nitrogens with one attached hydrogen (secondary N) is 1. The second-order valence-corrected chi connectivity index (χ2v) is 6.08. The molecule has 1 unspecified atom stereocenters. The van der Waals surface area contributed by atoms with E-state index in [0.717, 1.165) is 26.2 Å². The van der Waals surface area contributed by atoms with Crippen molar-refractivity contribution in [2.75, 3.05) is 39.8 Å². The van der Waals surface area contributed by atoms with Gasteiger partial charge in [-0.05, 0) is 38.9 Å². The first-order valence-corrected chi connectivity index (χ1v) is 7.75. The minimum atomic E-state index is 0.233. The Bertz CT molecular complexity index is 495. The van der Waals surface area contributed by atoms with Crippen molar-refractivity contribution in [1.82, 2.24) is 15.1 Å². The Morgan fingerprint density at radius 2 is 2.00 bits per heavy atom. The first-order chi connectivity index (χ1) is 9.99. The summed E-state index contributed by atoms with van der Waals surface area (Å²) < 4.78 is 0. The van der Waals surface area contributed by atoms with E-state index in [1.165, 1.54) is 16.7 Å². The molecule has 1 amide bonds. The van der Waals surface area contributed by atoms with Gasteiger partial charge in [0.25, 0.3) is 0 Å². The van der Waals surface area contributed by atoms with Crippen LogP contribution in [0.2, 0.25) is 0 Å². The molecule has 1 aliphatic heterocycles. The lowest BCUT2D eigenvalue weighted by molar-refractivity contribution is -0.133. The molecule has 1 atom stereocenters. The highest BCUT2D eigenvalue weighted by molar-refractivity contribution is 5.78. The zero-order chi connectivity index (χ0) is 15.4. The fourth-order valence-corrected chi connectivity index (χ4v) is 2.81. The van der Waals surface area contributed by atoms with Crippen LogP contribution in [0.4, 0.5) is 0 Å². The fourth-order valence-electron chi connectivity index (χ4n) is 2.81. The molecule has 0 radical (unpaired) electrons. The lowest BCUT2D eigenvalue weighted by Crippen LogP contribution is -2.49. The van der Waals surface area contributed by atoms with E-state index in [1.54, 1.807) is 0 Å². The van der Waals surface area contributed by atoms with E-state index in [-0.39, 0.29) is 11.9 Å². The summed E-state index contributed by atoms with van der Waals surface area (Å²) in [5.41, 5.74) is 3.87. The number of hydrogen-bond acceptors (Lipinski definition) is 3.